The molecule has 1 atom stereocenters. The predicted molar refractivity (Wildman–Crippen MR) is 107 cm³/mol. The number of benzene rings is 2. The molecule has 1 unspecified atom stereocenters. The fraction of sp³-hybridized carbons (Fsp3) is 0.300. The Balaban J connectivity index is 2.12. The molecule has 27 heavy (non-hydrogen) atoms. The van der Waals surface area contributed by atoms with E-state index in [1.165, 1.54) is 11.9 Å². The van der Waals surface area contributed by atoms with Crippen LogP contribution in [0.5, 0.6) is 11.5 Å². The first-order chi connectivity index (χ1) is 13.0. The summed E-state index contributed by atoms with van der Waals surface area (Å²) in [6, 6.07) is 11.3. The van der Waals surface area contributed by atoms with E-state index in [0.717, 1.165) is 12.8 Å². The maximum absolute atomic E-state index is 13.3. The number of nitrogens with zero attached hydrogens (tertiary/aromatic N) is 3. The molecule has 0 bridgehead atoms. The minimum Gasteiger partial charge on any atom is -0.493 e. The highest BCUT2D eigenvalue weighted by atomic mass is 32.2. The monoisotopic (exact) mass is 385 g/mol. The molecule has 0 saturated heterocycles. The summed E-state index contributed by atoms with van der Waals surface area (Å²) >= 11 is 0. The van der Waals surface area contributed by atoms with Crippen molar-refractivity contribution in [3.8, 4) is 11.5 Å². The van der Waals surface area contributed by atoms with Gasteiger partial charge in [-0.1, -0.05) is 25.5 Å². The highest BCUT2D eigenvalue weighted by Gasteiger charge is 2.13. The SMILES string of the molecule is CCCc1ccc(S(C)(=O)=Nc2ncnc3cc(OC)c(OC)cc23)cc1. The maximum Gasteiger partial charge on any atom is 0.173 e. The smallest absolute Gasteiger partial charge is 0.173 e. The van der Waals surface area contributed by atoms with E-state index < -0.39 is 9.73 Å². The van der Waals surface area contributed by atoms with Crippen LogP contribution >= 0.6 is 0 Å². The summed E-state index contributed by atoms with van der Waals surface area (Å²) in [7, 11) is 0.468. The van der Waals surface area contributed by atoms with Crippen LogP contribution in [0.4, 0.5) is 5.82 Å². The molecule has 3 aromatic rings. The fourth-order valence-corrected chi connectivity index (χ4v) is 4.08. The molecule has 0 aliphatic rings. The largest absolute Gasteiger partial charge is 0.493 e. The van der Waals surface area contributed by atoms with Crippen molar-refractivity contribution < 1.29 is 13.7 Å². The zero-order valence-electron chi connectivity index (χ0n) is 15.9. The van der Waals surface area contributed by atoms with Crippen LogP contribution in [0.2, 0.25) is 0 Å². The van der Waals surface area contributed by atoms with Crippen LogP contribution in [0.15, 0.2) is 52.0 Å². The van der Waals surface area contributed by atoms with Crippen molar-refractivity contribution in [2.75, 3.05) is 20.5 Å². The van der Waals surface area contributed by atoms with Gasteiger partial charge in [-0.05, 0) is 30.2 Å². The molecule has 0 aliphatic heterocycles. The average molecular weight is 385 g/mol. The lowest BCUT2D eigenvalue weighted by Gasteiger charge is -2.10. The average Bonchev–Trinajstić information content (AvgIpc) is 2.67. The third kappa shape index (κ3) is 4.03. The highest BCUT2D eigenvalue weighted by Crippen LogP contribution is 2.35. The van der Waals surface area contributed by atoms with E-state index in [1.54, 1.807) is 32.6 Å². The van der Waals surface area contributed by atoms with E-state index in [-0.39, 0.29) is 0 Å². The van der Waals surface area contributed by atoms with Gasteiger partial charge in [0, 0.05) is 22.6 Å². The standard InChI is InChI=1S/C20H23N3O3S/c1-5-6-14-7-9-15(10-8-14)27(4,24)23-20-16-11-18(25-2)19(26-3)12-17(16)21-13-22-20/h7-13H,5-6H2,1-4H3. The van der Waals surface area contributed by atoms with Crippen LogP contribution in [0.3, 0.4) is 0 Å². The Bertz CT molecular complexity index is 1070. The Labute approximate surface area is 159 Å². The van der Waals surface area contributed by atoms with Gasteiger partial charge in [0.25, 0.3) is 0 Å². The number of methoxy groups -OCH3 is 2. The van der Waals surface area contributed by atoms with E-state index in [0.29, 0.717) is 33.1 Å². The Kier molecular flexibility index (Phi) is 5.60. The van der Waals surface area contributed by atoms with Gasteiger partial charge >= 0.3 is 0 Å². The molecule has 0 spiro atoms. The van der Waals surface area contributed by atoms with Crippen LogP contribution in [-0.4, -0.2) is 34.7 Å². The number of aryl methyl sites for hydroxylation is 1. The highest BCUT2D eigenvalue weighted by molar-refractivity contribution is 7.93. The molecule has 0 aliphatic carbocycles. The van der Waals surface area contributed by atoms with E-state index in [2.05, 4.69) is 21.3 Å². The lowest BCUT2D eigenvalue weighted by Crippen LogP contribution is -1.98. The summed E-state index contributed by atoms with van der Waals surface area (Å²) in [5.41, 5.74) is 1.87. The van der Waals surface area contributed by atoms with Crippen LogP contribution in [0.1, 0.15) is 18.9 Å². The molecule has 0 N–H and O–H groups in total. The molecule has 7 heteroatoms. The van der Waals surface area contributed by atoms with Gasteiger partial charge < -0.3 is 9.47 Å². The normalized spacial score (nSPS) is 13.2. The van der Waals surface area contributed by atoms with Gasteiger partial charge in [-0.2, -0.15) is 4.36 Å². The van der Waals surface area contributed by atoms with Crippen LogP contribution in [-0.2, 0) is 16.1 Å². The molecule has 6 nitrogen and oxygen atoms in total. The first kappa shape index (κ1) is 19.1. The Morgan fingerprint density at radius 3 is 2.33 bits per heavy atom. The molecule has 0 saturated carbocycles. The van der Waals surface area contributed by atoms with Gasteiger partial charge in [0.2, 0.25) is 0 Å². The molecular formula is C20H23N3O3S. The third-order valence-corrected chi connectivity index (χ3v) is 5.95. The van der Waals surface area contributed by atoms with Crippen LogP contribution in [0.25, 0.3) is 10.9 Å². The number of fused-ring (bicyclic) bond motifs is 1. The molecule has 1 aromatic heterocycles. The van der Waals surface area contributed by atoms with Crippen molar-refractivity contribution in [3.63, 3.8) is 0 Å². The molecule has 0 radical (unpaired) electrons. The van der Waals surface area contributed by atoms with E-state index in [1.807, 2.05) is 24.3 Å². The second-order valence-electron chi connectivity index (χ2n) is 6.21. The zero-order chi connectivity index (χ0) is 19.4. The minimum absolute atomic E-state index is 0.367. The molecule has 142 valence electrons. The van der Waals surface area contributed by atoms with Gasteiger partial charge in [0.05, 0.1) is 29.5 Å². The van der Waals surface area contributed by atoms with Crippen molar-refractivity contribution in [3.05, 3.63) is 48.3 Å². The lowest BCUT2D eigenvalue weighted by atomic mass is 10.1. The van der Waals surface area contributed by atoms with E-state index >= 15 is 0 Å². The van der Waals surface area contributed by atoms with Crippen molar-refractivity contribution >= 4 is 26.4 Å². The Morgan fingerprint density at radius 1 is 1.04 bits per heavy atom. The van der Waals surface area contributed by atoms with Crippen LogP contribution < -0.4 is 9.47 Å². The van der Waals surface area contributed by atoms with Gasteiger partial charge in [-0.3, -0.25) is 0 Å². The van der Waals surface area contributed by atoms with Gasteiger partial charge in [0.1, 0.15) is 6.33 Å². The van der Waals surface area contributed by atoms with Crippen molar-refractivity contribution in [2.45, 2.75) is 24.7 Å². The van der Waals surface area contributed by atoms with E-state index in [4.69, 9.17) is 9.47 Å². The van der Waals surface area contributed by atoms with Crippen molar-refractivity contribution in [1.82, 2.24) is 9.97 Å². The first-order valence-electron chi connectivity index (χ1n) is 8.66. The summed E-state index contributed by atoms with van der Waals surface area (Å²) in [4.78, 5) is 9.18. The summed E-state index contributed by atoms with van der Waals surface area (Å²) in [6.07, 6.45) is 5.10. The number of rotatable bonds is 6. The topological polar surface area (TPSA) is 73.7 Å². The van der Waals surface area contributed by atoms with Gasteiger partial charge in [0.15, 0.2) is 17.3 Å². The Morgan fingerprint density at radius 2 is 1.70 bits per heavy atom. The van der Waals surface area contributed by atoms with Crippen molar-refractivity contribution in [1.29, 1.82) is 0 Å². The molecule has 0 fully saturated rings. The summed E-state index contributed by atoms with van der Waals surface area (Å²) in [5.74, 6) is 1.48. The number of hydrogen-bond acceptors (Lipinski definition) is 6. The van der Waals surface area contributed by atoms with Gasteiger partial charge in [-0.15, -0.1) is 0 Å². The summed E-state index contributed by atoms with van der Waals surface area (Å²) in [5, 5.41) is 0.660. The molecule has 0 amide bonds. The minimum atomic E-state index is -2.66. The fourth-order valence-electron chi connectivity index (χ4n) is 2.86. The summed E-state index contributed by atoms with van der Waals surface area (Å²) in [6.45, 7) is 2.13. The molecule has 3 rings (SSSR count). The maximum atomic E-state index is 13.3. The number of aromatic nitrogens is 2. The summed E-state index contributed by atoms with van der Waals surface area (Å²) < 4.78 is 28.4. The van der Waals surface area contributed by atoms with E-state index in [9.17, 15) is 4.21 Å². The third-order valence-electron chi connectivity index (χ3n) is 4.28. The molecular weight excluding hydrogens is 362 g/mol. The second kappa shape index (κ2) is 7.92. The number of hydrogen-bond donors (Lipinski definition) is 0. The molecule has 2 aromatic carbocycles. The Hall–Kier alpha value is -2.67. The second-order valence-corrected chi connectivity index (χ2v) is 8.47. The number of ether oxygens (including phenoxy) is 2. The lowest BCUT2D eigenvalue weighted by molar-refractivity contribution is 0.356. The first-order valence-corrected chi connectivity index (χ1v) is 10.6. The zero-order valence-corrected chi connectivity index (χ0v) is 16.7. The van der Waals surface area contributed by atoms with Crippen LogP contribution in [0, 0.1) is 0 Å². The quantitative estimate of drug-likeness (QED) is 0.629. The predicted octanol–water partition coefficient (Wildman–Crippen LogP) is 4.39. The molecule has 1 heterocycles. The van der Waals surface area contributed by atoms with Gasteiger partial charge in [-0.25, -0.2) is 14.2 Å². The van der Waals surface area contributed by atoms with Crippen molar-refractivity contribution in [2.24, 2.45) is 4.36 Å².